The third-order valence-electron chi connectivity index (χ3n) is 3.93. The zero-order chi connectivity index (χ0) is 19.0. The number of carbonyl (C=O) groups is 1. The lowest BCUT2D eigenvalue weighted by Crippen LogP contribution is -2.35. The monoisotopic (exact) mass is 371 g/mol. The predicted octanol–water partition coefficient (Wildman–Crippen LogP) is 3.09. The lowest BCUT2D eigenvalue weighted by Gasteiger charge is -2.16. The van der Waals surface area contributed by atoms with Gasteiger partial charge in [-0.05, 0) is 57.1 Å². The zero-order valence-corrected chi connectivity index (χ0v) is 16.0. The first-order chi connectivity index (χ1) is 11.6. The molecule has 0 amide bonds. The van der Waals surface area contributed by atoms with Gasteiger partial charge in [-0.25, -0.2) is 0 Å². The number of hydrogen-bond acceptors (Lipinski definition) is 5. The van der Waals surface area contributed by atoms with E-state index in [-0.39, 0.29) is 17.0 Å². The van der Waals surface area contributed by atoms with Gasteiger partial charge in [-0.15, -0.1) is 0 Å². The van der Waals surface area contributed by atoms with Crippen LogP contribution >= 0.6 is 0 Å². The maximum atomic E-state index is 11.5. The van der Waals surface area contributed by atoms with E-state index in [0.29, 0.717) is 12.3 Å². The quantitative estimate of drug-likeness (QED) is 0.608. The predicted molar refractivity (Wildman–Crippen MR) is 96.8 cm³/mol. The lowest BCUT2D eigenvalue weighted by atomic mass is 10.0. The van der Waals surface area contributed by atoms with Crippen LogP contribution in [0, 0.1) is 12.8 Å². The van der Waals surface area contributed by atoms with E-state index in [9.17, 15) is 13.2 Å². The highest BCUT2D eigenvalue weighted by Crippen LogP contribution is 2.21. The van der Waals surface area contributed by atoms with Crippen LogP contribution in [0.4, 0.5) is 0 Å². The second kappa shape index (κ2) is 9.89. The third kappa shape index (κ3) is 8.47. The molecule has 2 rings (SSSR count). The number of benzene rings is 1. The van der Waals surface area contributed by atoms with E-state index in [2.05, 4.69) is 13.8 Å². The molecule has 1 aromatic rings. The number of nitrogens with two attached hydrogens (primary N) is 1. The fourth-order valence-electron chi connectivity index (χ4n) is 2.57. The third-order valence-corrected chi connectivity index (χ3v) is 4.80. The Morgan fingerprint density at radius 2 is 1.76 bits per heavy atom. The Balaban J connectivity index is 0.000000257. The van der Waals surface area contributed by atoms with Crippen LogP contribution in [0.2, 0.25) is 0 Å². The molecule has 0 unspecified atom stereocenters. The molecule has 0 bridgehead atoms. The van der Waals surface area contributed by atoms with E-state index < -0.39 is 16.2 Å². The fourth-order valence-corrected chi connectivity index (χ4v) is 3.05. The van der Waals surface area contributed by atoms with Crippen LogP contribution in [0.15, 0.2) is 29.2 Å². The van der Waals surface area contributed by atoms with Crippen LogP contribution in [0.1, 0.15) is 51.5 Å². The minimum absolute atomic E-state index is 0.0666. The first-order valence-electron chi connectivity index (χ1n) is 8.60. The summed E-state index contributed by atoms with van der Waals surface area (Å²) < 4.78 is 34.9. The summed E-state index contributed by atoms with van der Waals surface area (Å²) in [4.78, 5) is 11.4. The van der Waals surface area contributed by atoms with Crippen molar-refractivity contribution >= 4 is 16.1 Å². The number of carbonyl (C=O) groups excluding carboxylic acids is 1. The van der Waals surface area contributed by atoms with Crippen molar-refractivity contribution in [2.75, 3.05) is 0 Å². The molecular weight excluding hydrogens is 342 g/mol. The van der Waals surface area contributed by atoms with Crippen molar-refractivity contribution in [1.29, 1.82) is 0 Å². The standard InChI is InChI=1S/C11H21NO2.C7H8O3S/c1-8(2)7-10(12)11(13)14-9-5-3-4-6-9;1-6-2-4-7(5-3-6)11(8,9)10/h8-10H,3-7,12H2,1-2H3;2-5H,1H3,(H,8,9,10)/t10-;/m1./s1. The summed E-state index contributed by atoms with van der Waals surface area (Å²) in [5.74, 6) is 0.228. The molecule has 142 valence electrons. The normalized spacial score (nSPS) is 16.2. The molecule has 1 atom stereocenters. The highest BCUT2D eigenvalue weighted by molar-refractivity contribution is 7.85. The van der Waals surface area contributed by atoms with Gasteiger partial charge < -0.3 is 10.5 Å². The number of esters is 1. The molecule has 0 heterocycles. The van der Waals surface area contributed by atoms with Gasteiger partial charge in [0.15, 0.2) is 0 Å². The average molecular weight is 371 g/mol. The summed E-state index contributed by atoms with van der Waals surface area (Å²) in [6, 6.07) is 5.55. The summed E-state index contributed by atoms with van der Waals surface area (Å²) in [6.45, 7) is 5.96. The highest BCUT2D eigenvalue weighted by Gasteiger charge is 2.23. The number of aryl methyl sites for hydroxylation is 1. The Hall–Kier alpha value is -1.44. The van der Waals surface area contributed by atoms with Crippen molar-refractivity contribution in [3.63, 3.8) is 0 Å². The minimum Gasteiger partial charge on any atom is -0.461 e. The molecular formula is C18H29NO5S. The molecule has 0 spiro atoms. The molecule has 0 aromatic heterocycles. The second-order valence-corrected chi connectivity index (χ2v) is 8.29. The van der Waals surface area contributed by atoms with E-state index >= 15 is 0 Å². The van der Waals surface area contributed by atoms with Gasteiger partial charge in [-0.3, -0.25) is 9.35 Å². The number of rotatable bonds is 5. The van der Waals surface area contributed by atoms with Gasteiger partial charge in [-0.1, -0.05) is 31.5 Å². The topological polar surface area (TPSA) is 107 Å². The molecule has 1 aliphatic carbocycles. The van der Waals surface area contributed by atoms with Gasteiger partial charge in [0.2, 0.25) is 0 Å². The van der Waals surface area contributed by atoms with E-state index in [1.54, 1.807) is 12.1 Å². The molecule has 1 aliphatic rings. The van der Waals surface area contributed by atoms with Gasteiger partial charge >= 0.3 is 5.97 Å². The Morgan fingerprint density at radius 1 is 1.24 bits per heavy atom. The van der Waals surface area contributed by atoms with Gasteiger partial charge in [0.05, 0.1) is 4.90 Å². The maximum absolute atomic E-state index is 11.5. The first kappa shape index (κ1) is 21.6. The zero-order valence-electron chi connectivity index (χ0n) is 15.1. The smallest absolute Gasteiger partial charge is 0.323 e. The second-order valence-electron chi connectivity index (χ2n) is 6.87. The van der Waals surface area contributed by atoms with Crippen LogP contribution < -0.4 is 5.73 Å². The molecule has 7 heteroatoms. The van der Waals surface area contributed by atoms with E-state index in [1.807, 2.05) is 6.92 Å². The molecule has 1 fully saturated rings. The molecule has 6 nitrogen and oxygen atoms in total. The van der Waals surface area contributed by atoms with Crippen molar-refractivity contribution in [1.82, 2.24) is 0 Å². The SMILES string of the molecule is CC(C)C[C@@H](N)C(=O)OC1CCCC1.Cc1ccc(S(=O)(=O)O)cc1. The summed E-state index contributed by atoms with van der Waals surface area (Å²) in [5.41, 5.74) is 6.68. The van der Waals surface area contributed by atoms with Gasteiger partial charge in [0.25, 0.3) is 10.1 Å². The van der Waals surface area contributed by atoms with Crippen molar-refractivity contribution in [2.45, 2.75) is 69.9 Å². The Bertz CT molecular complexity index is 634. The van der Waals surface area contributed by atoms with Gasteiger partial charge in [0, 0.05) is 0 Å². The Morgan fingerprint density at radius 3 is 2.20 bits per heavy atom. The lowest BCUT2D eigenvalue weighted by molar-refractivity contribution is -0.150. The van der Waals surface area contributed by atoms with Crippen LogP contribution in [0.25, 0.3) is 0 Å². The molecule has 3 N–H and O–H groups in total. The Labute approximate surface area is 150 Å². The van der Waals surface area contributed by atoms with Gasteiger partial charge in [-0.2, -0.15) is 8.42 Å². The van der Waals surface area contributed by atoms with Crippen molar-refractivity contribution < 1.29 is 22.5 Å². The highest BCUT2D eigenvalue weighted by atomic mass is 32.2. The maximum Gasteiger partial charge on any atom is 0.323 e. The summed E-state index contributed by atoms with van der Waals surface area (Å²) >= 11 is 0. The minimum atomic E-state index is -4.02. The molecule has 0 aliphatic heterocycles. The van der Waals surface area contributed by atoms with Crippen molar-refractivity contribution in [3.8, 4) is 0 Å². The fraction of sp³-hybridized carbons (Fsp3) is 0.611. The first-order valence-corrected chi connectivity index (χ1v) is 10.0. The molecule has 0 saturated heterocycles. The molecule has 1 aromatic carbocycles. The molecule has 25 heavy (non-hydrogen) atoms. The summed E-state index contributed by atoms with van der Waals surface area (Å²) in [6.07, 6.45) is 5.24. The van der Waals surface area contributed by atoms with E-state index in [0.717, 1.165) is 18.4 Å². The average Bonchev–Trinajstić information content (AvgIpc) is 2.99. The van der Waals surface area contributed by atoms with Gasteiger partial charge in [0.1, 0.15) is 12.1 Å². The number of ether oxygens (including phenoxy) is 1. The van der Waals surface area contributed by atoms with Crippen LogP contribution in [-0.2, 0) is 19.6 Å². The molecule has 0 radical (unpaired) electrons. The van der Waals surface area contributed by atoms with Crippen LogP contribution in [0.3, 0.4) is 0 Å². The summed E-state index contributed by atoms with van der Waals surface area (Å²) in [7, 11) is -4.02. The van der Waals surface area contributed by atoms with E-state index in [4.69, 9.17) is 15.0 Å². The van der Waals surface area contributed by atoms with Crippen molar-refractivity contribution in [2.24, 2.45) is 11.7 Å². The largest absolute Gasteiger partial charge is 0.461 e. The van der Waals surface area contributed by atoms with Crippen LogP contribution in [0.5, 0.6) is 0 Å². The Kier molecular flexibility index (Phi) is 8.55. The van der Waals surface area contributed by atoms with Crippen molar-refractivity contribution in [3.05, 3.63) is 29.8 Å². The van der Waals surface area contributed by atoms with Crippen LogP contribution in [-0.4, -0.2) is 31.1 Å². The van der Waals surface area contributed by atoms with E-state index in [1.165, 1.54) is 25.0 Å². The molecule has 1 saturated carbocycles. The summed E-state index contributed by atoms with van der Waals surface area (Å²) in [5, 5.41) is 0. The number of hydrogen-bond donors (Lipinski definition) is 2.